The third kappa shape index (κ3) is 8.37. The summed E-state index contributed by atoms with van der Waals surface area (Å²) in [6.45, 7) is 0. The Labute approximate surface area is 416 Å². The molecule has 2 saturated carbocycles. The molecule has 4 spiro atoms. The van der Waals surface area contributed by atoms with Crippen LogP contribution in [0.15, 0.2) is 87.3 Å². The van der Waals surface area contributed by atoms with Crippen LogP contribution in [0.25, 0.3) is 11.1 Å². The predicted octanol–water partition coefficient (Wildman–Crippen LogP) is 6.72. The monoisotopic (exact) mass is 1030 g/mol. The van der Waals surface area contributed by atoms with Crippen LogP contribution < -0.4 is 26.4 Å². The Kier molecular flexibility index (Phi) is 14.1. The summed E-state index contributed by atoms with van der Waals surface area (Å²) in [6.07, 6.45) is 9.53. The number of amides is 2. The zero-order chi connectivity index (χ0) is 48.9. The van der Waals surface area contributed by atoms with Gasteiger partial charge >= 0.3 is 7.12 Å². The predicted molar refractivity (Wildman–Crippen MR) is 268 cm³/mol. The number of aliphatic imine (C=N–C) groups is 2. The Hall–Kier alpha value is -4.68. The molecule has 2 aliphatic heterocycles. The lowest BCUT2D eigenvalue weighted by Gasteiger charge is -2.45. The van der Waals surface area contributed by atoms with E-state index in [4.69, 9.17) is 73.6 Å². The van der Waals surface area contributed by atoms with E-state index in [1.165, 1.54) is 40.2 Å². The van der Waals surface area contributed by atoms with Gasteiger partial charge in [-0.2, -0.15) is 0 Å². The van der Waals surface area contributed by atoms with Gasteiger partial charge in [-0.15, -0.1) is 0 Å². The van der Waals surface area contributed by atoms with E-state index in [0.29, 0.717) is 33.0 Å². The van der Waals surface area contributed by atoms with E-state index in [9.17, 15) is 9.59 Å². The molecule has 2 atom stereocenters. The van der Waals surface area contributed by atoms with Crippen LogP contribution in [-0.2, 0) is 43.0 Å². The number of fused-ring (bicyclic) bond motifs is 6. The zero-order valence-electron chi connectivity index (χ0n) is 39.2. The molecule has 2 unspecified atom stereocenters. The van der Waals surface area contributed by atoms with Gasteiger partial charge < -0.3 is 40.5 Å². The number of guanidine groups is 2. The lowest BCUT2D eigenvalue weighted by atomic mass is 9.61. The summed E-state index contributed by atoms with van der Waals surface area (Å²) in [6, 6.07) is 22.8. The molecule has 0 aromatic heterocycles. The fourth-order valence-corrected chi connectivity index (χ4v) is 12.5. The Balaban J connectivity index is 0.000000152. The van der Waals surface area contributed by atoms with E-state index in [2.05, 4.69) is 46.3 Å². The second-order valence-electron chi connectivity index (χ2n) is 18.7. The largest absolute Gasteiger partial charge is 0.497 e. The molecule has 6 N–H and O–H groups in total. The highest BCUT2D eigenvalue weighted by atomic mass is 79.9. The van der Waals surface area contributed by atoms with E-state index in [-0.39, 0.29) is 40.8 Å². The van der Waals surface area contributed by atoms with Gasteiger partial charge in [0.25, 0.3) is 11.8 Å². The first-order chi connectivity index (χ1) is 32.4. The van der Waals surface area contributed by atoms with Crippen molar-refractivity contribution in [3.63, 3.8) is 0 Å². The summed E-state index contributed by atoms with van der Waals surface area (Å²) in [5.41, 5.74) is 16.6. The summed E-state index contributed by atoms with van der Waals surface area (Å²) in [5.74, 6) is 1.77. The molecule has 2 fully saturated rings. The maximum Gasteiger partial charge on any atom is 0.488 e. The number of benzene rings is 4. The Morgan fingerprint density at radius 3 is 1.54 bits per heavy atom. The van der Waals surface area contributed by atoms with Crippen molar-refractivity contribution in [2.24, 2.45) is 32.3 Å². The lowest BCUT2D eigenvalue weighted by Crippen LogP contribution is -2.51. The second kappa shape index (κ2) is 19.3. The first-order valence-corrected chi connectivity index (χ1v) is 24.3. The zero-order valence-corrected chi connectivity index (χ0v) is 42.3. The number of rotatable bonds is 6. The fourth-order valence-electron chi connectivity index (χ4n) is 11.7. The van der Waals surface area contributed by atoms with Gasteiger partial charge in [0.1, 0.15) is 11.5 Å². The third-order valence-corrected chi connectivity index (χ3v) is 16.3. The summed E-state index contributed by atoms with van der Waals surface area (Å²) in [7, 11) is 8.56. The van der Waals surface area contributed by atoms with Crippen LogP contribution in [0.5, 0.6) is 11.5 Å². The summed E-state index contributed by atoms with van der Waals surface area (Å²) in [5, 5.41) is 18.6. The molecule has 0 radical (unpaired) electrons. The first kappa shape index (κ1) is 49.7. The number of likely N-dealkylation sites (N-methyl/N-ethyl adjacent to an activating group) is 2. The topological polar surface area (TPSA) is 195 Å². The Morgan fingerprint density at radius 2 is 1.10 bits per heavy atom. The van der Waals surface area contributed by atoms with Crippen LogP contribution in [0.2, 0.25) is 10.0 Å². The van der Waals surface area contributed by atoms with Crippen LogP contribution >= 0.6 is 39.1 Å². The number of ether oxygens (including phenoxy) is 4. The van der Waals surface area contributed by atoms with E-state index < -0.39 is 18.2 Å². The van der Waals surface area contributed by atoms with E-state index in [1.807, 2.05) is 18.2 Å². The standard InChI is InChI=1S/C25H28ClN3O3.C18H22BrN3O2.C7H8BClO3/c1-29-22(30)25(28-23(29)27)21-12-15(17-10-18(26)13-20(11-17)32-3)4-5-16(21)14-24(25)8-6-19(31-2)7-9-24;1-22-15(23)18(21-16(22)20)14-9-12(19)4-3-11(14)10-17(18)7-5-13(24-2)6-8-17;1-12-7-3-5(8(10)11)2-6(9)4-7/h4-5,10-13,19H,6-9,14H2,1-3H3,(H2,27,28);3-4,9,13H,5-8,10H2,1-2H3,(H2,20,21);2-4,10-11H,1H3. The van der Waals surface area contributed by atoms with Gasteiger partial charge in [-0.3, -0.25) is 19.4 Å². The van der Waals surface area contributed by atoms with Crippen LogP contribution in [0, 0.1) is 10.8 Å². The summed E-state index contributed by atoms with van der Waals surface area (Å²) < 4.78 is 22.4. The van der Waals surface area contributed by atoms with Crippen LogP contribution in [0.1, 0.15) is 73.6 Å². The number of nitrogens with zero attached hydrogens (tertiary/aromatic N) is 4. The van der Waals surface area contributed by atoms with Gasteiger partial charge in [0.2, 0.25) is 0 Å². The van der Waals surface area contributed by atoms with Gasteiger partial charge in [0.05, 0.1) is 26.4 Å². The van der Waals surface area contributed by atoms with Crippen molar-refractivity contribution in [2.75, 3.05) is 42.5 Å². The van der Waals surface area contributed by atoms with Crippen LogP contribution in [0.4, 0.5) is 0 Å². The van der Waals surface area contributed by atoms with Crippen molar-refractivity contribution in [2.45, 2.75) is 87.5 Å². The highest BCUT2D eigenvalue weighted by molar-refractivity contribution is 9.10. The third-order valence-electron chi connectivity index (χ3n) is 15.3. The number of carbonyl (C=O) groups is 2. The molecule has 0 saturated heterocycles. The number of hydrogen-bond acceptors (Lipinski definition) is 12. The minimum absolute atomic E-state index is 0.00715. The van der Waals surface area contributed by atoms with Gasteiger partial charge in [-0.25, -0.2) is 9.98 Å². The fraction of sp³-hybridized carbons (Fsp3) is 0.440. The normalized spacial score (nSPS) is 27.7. The quantitative estimate of drug-likeness (QED) is 0.151. The first-order valence-electron chi connectivity index (χ1n) is 22.7. The molecule has 4 aromatic carbocycles. The van der Waals surface area contributed by atoms with Crippen molar-refractivity contribution in [1.82, 2.24) is 9.80 Å². The van der Waals surface area contributed by atoms with E-state index in [1.54, 1.807) is 47.6 Å². The smallest absolute Gasteiger partial charge is 0.488 e. The molecule has 4 aliphatic carbocycles. The molecule has 6 aliphatic rings. The minimum Gasteiger partial charge on any atom is -0.497 e. The van der Waals surface area contributed by atoms with Crippen LogP contribution in [0.3, 0.4) is 0 Å². The number of nitrogens with two attached hydrogens (primary N) is 2. The maximum absolute atomic E-state index is 13.8. The number of carbonyl (C=O) groups excluding carboxylic acids is 2. The highest BCUT2D eigenvalue weighted by Gasteiger charge is 2.67. The van der Waals surface area contributed by atoms with Crippen molar-refractivity contribution in [3.05, 3.63) is 110 Å². The number of methoxy groups -OCH3 is 4. The van der Waals surface area contributed by atoms with Crippen LogP contribution in [-0.4, -0.2) is 105 Å². The SMILES string of the molecule is COC1CCC2(CC1)Cc1ccc(Br)cc1C21N=C(N)N(C)C1=O.COc1cc(Cl)cc(-c2ccc3c(c2)C2(N=C(N)N(C)C2=O)C2(CCC(OC)CC2)C3)c1.COc1cc(Cl)cc(B(O)O)c1. The summed E-state index contributed by atoms with van der Waals surface area (Å²) >= 11 is 15.6. The average Bonchev–Trinajstić information content (AvgIpc) is 3.93. The van der Waals surface area contributed by atoms with Gasteiger partial charge in [-0.1, -0.05) is 57.3 Å². The molecular weight excluding hydrogens is 974 g/mol. The lowest BCUT2D eigenvalue weighted by molar-refractivity contribution is -0.138. The molecule has 68 heavy (non-hydrogen) atoms. The Bertz CT molecular complexity index is 2670. The van der Waals surface area contributed by atoms with Crippen molar-refractivity contribution in [3.8, 4) is 22.6 Å². The highest BCUT2D eigenvalue weighted by Crippen LogP contribution is 2.63. The maximum atomic E-state index is 13.8. The summed E-state index contributed by atoms with van der Waals surface area (Å²) in [4.78, 5) is 39.9. The van der Waals surface area contributed by atoms with Crippen molar-refractivity contribution >= 4 is 75.4 Å². The molecular formula is C50H58BBrCl2N6O8. The molecule has 10 rings (SSSR count). The molecule has 2 amide bonds. The van der Waals surface area contributed by atoms with Crippen molar-refractivity contribution < 1.29 is 38.6 Å². The Morgan fingerprint density at radius 1 is 0.647 bits per heavy atom. The molecule has 2 heterocycles. The van der Waals surface area contributed by atoms with E-state index in [0.717, 1.165) is 90.9 Å². The molecule has 4 aromatic rings. The van der Waals surface area contributed by atoms with Crippen molar-refractivity contribution in [1.29, 1.82) is 0 Å². The number of halogens is 3. The molecule has 360 valence electrons. The van der Waals surface area contributed by atoms with E-state index >= 15 is 0 Å². The second-order valence-corrected chi connectivity index (χ2v) is 20.5. The molecule has 14 nitrogen and oxygen atoms in total. The number of hydrogen-bond donors (Lipinski definition) is 4. The average molecular weight is 1030 g/mol. The van der Waals surface area contributed by atoms with Gasteiger partial charge in [0, 0.05) is 53.7 Å². The molecule has 18 heteroatoms. The minimum atomic E-state index is -1.52. The van der Waals surface area contributed by atoms with Gasteiger partial charge in [0.15, 0.2) is 23.0 Å². The van der Waals surface area contributed by atoms with Gasteiger partial charge in [-0.05, 0) is 158 Å². The molecule has 0 bridgehead atoms.